The first-order valence-corrected chi connectivity index (χ1v) is 2.24. The van der Waals surface area contributed by atoms with Gasteiger partial charge in [-0.2, -0.15) is 0 Å². The minimum Gasteiger partial charge on any atom is -0.479 e. The van der Waals surface area contributed by atoms with E-state index in [1.54, 1.807) is 0 Å². The highest BCUT2D eigenvalue weighted by Crippen LogP contribution is 1.78. The van der Waals surface area contributed by atoms with Crippen LogP contribution in [0.1, 0.15) is 6.92 Å². The van der Waals surface area contributed by atoms with Crippen molar-refractivity contribution in [1.29, 1.82) is 0 Å². The van der Waals surface area contributed by atoms with Gasteiger partial charge in [0, 0.05) is 14.0 Å². The quantitative estimate of drug-likeness (QED) is 0.363. The van der Waals surface area contributed by atoms with Gasteiger partial charge in [0.05, 0.1) is 7.11 Å². The average Bonchev–Trinajstić information content (AvgIpc) is 1.69. The highest BCUT2D eigenvalue weighted by Gasteiger charge is 2.00. The van der Waals surface area contributed by atoms with E-state index in [1.807, 2.05) is 0 Å². The summed E-state index contributed by atoms with van der Waals surface area (Å²) >= 11 is 0. The molecule has 0 heterocycles. The van der Waals surface area contributed by atoms with Gasteiger partial charge < -0.3 is 4.74 Å². The summed E-state index contributed by atoms with van der Waals surface area (Å²) in [6.07, 6.45) is 0. The Bertz CT molecular complexity index is 118. The van der Waals surface area contributed by atoms with Crippen LogP contribution in [0.15, 0.2) is 4.99 Å². The molecule has 0 rings (SSSR count). The van der Waals surface area contributed by atoms with Crippen LogP contribution in [-0.2, 0) is 9.53 Å². The summed E-state index contributed by atoms with van der Waals surface area (Å²) in [5.74, 6) is 0.0278. The van der Waals surface area contributed by atoms with Crippen LogP contribution in [0.2, 0.25) is 0 Å². The van der Waals surface area contributed by atoms with Gasteiger partial charge in [0.1, 0.15) is 0 Å². The molecule has 0 aromatic heterocycles. The van der Waals surface area contributed by atoms with Crippen LogP contribution in [0.25, 0.3) is 0 Å². The molecular weight excluding hydrogens is 106 g/mol. The van der Waals surface area contributed by atoms with Crippen molar-refractivity contribution in [3.8, 4) is 0 Å². The highest BCUT2D eigenvalue weighted by molar-refractivity contribution is 6.35. The van der Waals surface area contributed by atoms with Gasteiger partial charge in [0.25, 0.3) is 5.90 Å². The van der Waals surface area contributed by atoms with Gasteiger partial charge in [0.15, 0.2) is 0 Å². The van der Waals surface area contributed by atoms with Crippen molar-refractivity contribution < 1.29 is 9.53 Å². The van der Waals surface area contributed by atoms with E-state index in [1.165, 1.54) is 21.1 Å². The molecule has 0 aromatic rings. The third-order valence-corrected chi connectivity index (χ3v) is 0.698. The van der Waals surface area contributed by atoms with Crippen molar-refractivity contribution in [1.82, 2.24) is 0 Å². The number of methoxy groups -OCH3 is 1. The van der Waals surface area contributed by atoms with E-state index in [4.69, 9.17) is 0 Å². The number of carbonyl (C=O) groups is 1. The van der Waals surface area contributed by atoms with E-state index in [2.05, 4.69) is 9.73 Å². The fourth-order valence-corrected chi connectivity index (χ4v) is 0.392. The third-order valence-electron chi connectivity index (χ3n) is 0.698. The van der Waals surface area contributed by atoms with E-state index in [0.29, 0.717) is 0 Å². The van der Waals surface area contributed by atoms with Gasteiger partial charge in [-0.25, -0.2) is 0 Å². The van der Waals surface area contributed by atoms with Gasteiger partial charge in [-0.3, -0.25) is 9.79 Å². The Hall–Kier alpha value is -0.860. The predicted molar refractivity (Wildman–Crippen MR) is 31.0 cm³/mol. The summed E-state index contributed by atoms with van der Waals surface area (Å²) in [6, 6.07) is 0. The molecule has 3 heteroatoms. The molecule has 0 radical (unpaired) electrons. The molecule has 0 saturated heterocycles. The number of hydrogen-bond acceptors (Lipinski definition) is 3. The first-order chi connectivity index (χ1) is 3.72. The number of carbonyl (C=O) groups excluding carboxylic acids is 1. The van der Waals surface area contributed by atoms with E-state index in [0.717, 1.165) is 0 Å². The Morgan fingerprint density at radius 1 is 1.62 bits per heavy atom. The monoisotopic (exact) mass is 115 g/mol. The lowest BCUT2D eigenvalue weighted by Crippen LogP contribution is -2.11. The normalized spacial score (nSPS) is 11.1. The van der Waals surface area contributed by atoms with Gasteiger partial charge >= 0.3 is 0 Å². The summed E-state index contributed by atoms with van der Waals surface area (Å²) in [7, 11) is 2.93. The first kappa shape index (κ1) is 7.14. The summed E-state index contributed by atoms with van der Waals surface area (Å²) in [5.41, 5.74) is 0. The molecule has 0 aliphatic heterocycles. The molecule has 0 unspecified atom stereocenters. The van der Waals surface area contributed by atoms with Crippen molar-refractivity contribution in [2.24, 2.45) is 4.99 Å². The van der Waals surface area contributed by atoms with Crippen molar-refractivity contribution in [3.63, 3.8) is 0 Å². The standard InChI is InChI=1S/C5H9NO2/c1-4(7)5(6-2)8-3/h1-3H3. The Kier molecular flexibility index (Phi) is 2.84. The maximum atomic E-state index is 10.4. The predicted octanol–water partition coefficient (Wildman–Crippen LogP) is 0.250. The Morgan fingerprint density at radius 3 is 2.12 bits per heavy atom. The van der Waals surface area contributed by atoms with Gasteiger partial charge in [-0.1, -0.05) is 0 Å². The molecule has 0 aliphatic carbocycles. The van der Waals surface area contributed by atoms with E-state index < -0.39 is 0 Å². The summed E-state index contributed by atoms with van der Waals surface area (Å²) in [6.45, 7) is 1.41. The Balaban J connectivity index is 3.92. The average molecular weight is 115 g/mol. The van der Waals surface area contributed by atoms with E-state index in [-0.39, 0.29) is 11.7 Å². The summed E-state index contributed by atoms with van der Waals surface area (Å²) in [5, 5.41) is 0. The maximum absolute atomic E-state index is 10.4. The molecule has 0 fully saturated rings. The van der Waals surface area contributed by atoms with Crippen LogP contribution >= 0.6 is 0 Å². The van der Waals surface area contributed by atoms with Crippen molar-refractivity contribution in [2.75, 3.05) is 14.2 Å². The Morgan fingerprint density at radius 2 is 2.12 bits per heavy atom. The van der Waals surface area contributed by atoms with E-state index >= 15 is 0 Å². The number of hydrogen-bond donors (Lipinski definition) is 0. The number of aliphatic imine (C=N–C) groups is 1. The zero-order valence-electron chi connectivity index (χ0n) is 5.26. The minimum absolute atomic E-state index is 0.144. The van der Waals surface area contributed by atoms with Gasteiger partial charge in [0.2, 0.25) is 5.78 Å². The molecule has 3 nitrogen and oxygen atoms in total. The minimum atomic E-state index is -0.144. The van der Waals surface area contributed by atoms with Crippen molar-refractivity contribution in [2.45, 2.75) is 6.92 Å². The van der Waals surface area contributed by atoms with Crippen LogP contribution in [0.4, 0.5) is 0 Å². The molecule has 0 amide bonds. The molecule has 0 saturated carbocycles. The smallest absolute Gasteiger partial charge is 0.252 e. The number of Topliss-reactive ketones (excluding diaryl/α,β-unsaturated/α-hetero) is 1. The van der Waals surface area contributed by atoms with Crippen LogP contribution in [0.5, 0.6) is 0 Å². The molecule has 0 spiro atoms. The number of ether oxygens (including phenoxy) is 1. The van der Waals surface area contributed by atoms with Gasteiger partial charge in [-0.15, -0.1) is 0 Å². The molecule has 0 N–H and O–H groups in total. The SMILES string of the molecule is CN=C(OC)C(C)=O. The largest absolute Gasteiger partial charge is 0.479 e. The van der Waals surface area contributed by atoms with Crippen molar-refractivity contribution >= 4 is 11.7 Å². The number of ketones is 1. The van der Waals surface area contributed by atoms with Crippen LogP contribution in [-0.4, -0.2) is 25.8 Å². The zero-order chi connectivity index (χ0) is 6.57. The Labute approximate surface area is 48.4 Å². The van der Waals surface area contributed by atoms with Gasteiger partial charge in [-0.05, 0) is 0 Å². The lowest BCUT2D eigenvalue weighted by molar-refractivity contribution is -0.112. The topological polar surface area (TPSA) is 38.7 Å². The summed E-state index contributed by atoms with van der Waals surface area (Å²) < 4.78 is 4.56. The highest BCUT2D eigenvalue weighted by atomic mass is 16.5. The molecular formula is C5H9NO2. The fourth-order valence-electron chi connectivity index (χ4n) is 0.392. The third kappa shape index (κ3) is 1.73. The molecule has 8 heavy (non-hydrogen) atoms. The van der Waals surface area contributed by atoms with Crippen LogP contribution in [0, 0.1) is 0 Å². The fraction of sp³-hybridized carbons (Fsp3) is 0.600. The second kappa shape index (κ2) is 3.18. The second-order valence-corrected chi connectivity index (χ2v) is 1.29. The molecule has 0 aromatic carbocycles. The maximum Gasteiger partial charge on any atom is 0.252 e. The second-order valence-electron chi connectivity index (χ2n) is 1.29. The lowest BCUT2D eigenvalue weighted by atomic mass is 10.4. The summed E-state index contributed by atoms with van der Waals surface area (Å²) in [4.78, 5) is 13.9. The molecule has 0 aliphatic rings. The number of rotatable bonds is 1. The molecule has 46 valence electrons. The van der Waals surface area contributed by atoms with Crippen LogP contribution < -0.4 is 0 Å². The molecule has 0 atom stereocenters. The van der Waals surface area contributed by atoms with E-state index in [9.17, 15) is 4.79 Å². The van der Waals surface area contributed by atoms with Crippen molar-refractivity contribution in [3.05, 3.63) is 0 Å². The number of nitrogens with zero attached hydrogens (tertiary/aromatic N) is 1. The lowest BCUT2D eigenvalue weighted by Gasteiger charge is -1.94. The van der Waals surface area contributed by atoms with Crippen LogP contribution in [0.3, 0.4) is 0 Å². The molecule has 0 bridgehead atoms. The zero-order valence-corrected chi connectivity index (χ0v) is 5.26. The first-order valence-electron chi connectivity index (χ1n) is 2.24.